The number of carbonyl (C=O) groups excluding carboxylic acids is 1. The molecule has 0 aromatic carbocycles. The van der Waals surface area contributed by atoms with Crippen molar-refractivity contribution in [3.63, 3.8) is 0 Å². The predicted octanol–water partition coefficient (Wildman–Crippen LogP) is 1.03. The van der Waals surface area contributed by atoms with Crippen LogP contribution in [0.1, 0.15) is 32.1 Å². The van der Waals surface area contributed by atoms with Crippen molar-refractivity contribution in [3.05, 3.63) is 12.7 Å². The number of hydrogen-bond donors (Lipinski definition) is 1. The first-order valence-corrected chi connectivity index (χ1v) is 8.55. The third kappa shape index (κ3) is 3.53. The molecule has 2 atom stereocenters. The number of ether oxygens (including phenoxy) is 1. The molecule has 5 nitrogen and oxygen atoms in total. The summed E-state index contributed by atoms with van der Waals surface area (Å²) in [5.41, 5.74) is -0.723. The number of aliphatic hydroxyl groups is 1. The van der Waals surface area contributed by atoms with Crippen molar-refractivity contribution in [2.45, 2.75) is 43.8 Å². The molecule has 2 saturated heterocycles. The maximum atomic E-state index is 12.4. The summed E-state index contributed by atoms with van der Waals surface area (Å²) in [5.74, 6) is 0.592. The summed E-state index contributed by atoms with van der Waals surface area (Å²) in [5, 5.41) is 10.2. The second kappa shape index (κ2) is 6.69. The standard InChI is InChI=1S/C17H28N2O3/c1-2-7-18-9-10-22-15-13-19(8-4-14(15)12-18)16(20)11-17(21)5-3-6-17/h2,14-15,21H,1,3-13H2. The van der Waals surface area contributed by atoms with Crippen LogP contribution in [0.3, 0.4) is 0 Å². The molecule has 1 amide bonds. The Labute approximate surface area is 132 Å². The Morgan fingerprint density at radius 3 is 2.86 bits per heavy atom. The lowest BCUT2D eigenvalue weighted by Gasteiger charge is -2.41. The first-order chi connectivity index (χ1) is 10.6. The molecule has 0 radical (unpaired) electrons. The van der Waals surface area contributed by atoms with E-state index in [-0.39, 0.29) is 18.4 Å². The Hall–Kier alpha value is -0.910. The predicted molar refractivity (Wildman–Crippen MR) is 84.5 cm³/mol. The van der Waals surface area contributed by atoms with Gasteiger partial charge in [0.15, 0.2) is 0 Å². The quantitative estimate of drug-likeness (QED) is 0.788. The molecule has 0 aromatic heterocycles. The minimum atomic E-state index is -0.723. The molecule has 3 aliphatic rings. The third-order valence-corrected chi connectivity index (χ3v) is 5.43. The van der Waals surface area contributed by atoms with Crippen LogP contribution in [0.15, 0.2) is 12.7 Å². The Balaban J connectivity index is 1.54. The number of nitrogens with zero attached hydrogens (tertiary/aromatic N) is 2. The summed E-state index contributed by atoms with van der Waals surface area (Å²) >= 11 is 0. The van der Waals surface area contributed by atoms with Crippen LogP contribution in [-0.4, -0.2) is 71.8 Å². The van der Waals surface area contributed by atoms with E-state index in [1.807, 2.05) is 11.0 Å². The molecule has 2 unspecified atom stereocenters. The van der Waals surface area contributed by atoms with Crippen molar-refractivity contribution in [2.24, 2.45) is 5.92 Å². The number of piperidine rings is 1. The fraction of sp³-hybridized carbons (Fsp3) is 0.824. The molecule has 5 heteroatoms. The average molecular weight is 308 g/mol. The van der Waals surface area contributed by atoms with Crippen molar-refractivity contribution < 1.29 is 14.6 Å². The first-order valence-electron chi connectivity index (χ1n) is 8.55. The number of carbonyl (C=O) groups is 1. The smallest absolute Gasteiger partial charge is 0.225 e. The number of rotatable bonds is 4. The van der Waals surface area contributed by atoms with Crippen LogP contribution in [0.2, 0.25) is 0 Å². The van der Waals surface area contributed by atoms with Gasteiger partial charge in [-0.2, -0.15) is 0 Å². The summed E-state index contributed by atoms with van der Waals surface area (Å²) in [6.45, 7) is 8.88. The van der Waals surface area contributed by atoms with Gasteiger partial charge in [-0.25, -0.2) is 0 Å². The normalized spacial score (nSPS) is 31.8. The zero-order chi connectivity index (χ0) is 15.6. The van der Waals surface area contributed by atoms with Gasteiger partial charge in [0.1, 0.15) is 0 Å². The molecule has 0 aromatic rings. The Morgan fingerprint density at radius 2 is 2.18 bits per heavy atom. The van der Waals surface area contributed by atoms with Crippen LogP contribution in [0.25, 0.3) is 0 Å². The Bertz CT molecular complexity index is 422. The van der Waals surface area contributed by atoms with Gasteiger partial charge in [-0.05, 0) is 25.7 Å². The summed E-state index contributed by atoms with van der Waals surface area (Å²) < 4.78 is 6.00. The van der Waals surface area contributed by atoms with Crippen LogP contribution < -0.4 is 0 Å². The van der Waals surface area contributed by atoms with E-state index in [0.29, 0.717) is 12.5 Å². The second-order valence-corrected chi connectivity index (χ2v) is 7.10. The van der Waals surface area contributed by atoms with Crippen LogP contribution >= 0.6 is 0 Å². The van der Waals surface area contributed by atoms with Gasteiger partial charge >= 0.3 is 0 Å². The fourth-order valence-electron chi connectivity index (χ4n) is 3.85. The lowest BCUT2D eigenvalue weighted by atomic mass is 9.77. The molecule has 2 aliphatic heterocycles. The lowest BCUT2D eigenvalue weighted by Crippen LogP contribution is -2.51. The topological polar surface area (TPSA) is 53.0 Å². The molecular formula is C17H28N2O3. The van der Waals surface area contributed by atoms with E-state index in [0.717, 1.165) is 58.5 Å². The number of fused-ring (bicyclic) bond motifs is 1. The zero-order valence-corrected chi connectivity index (χ0v) is 13.4. The average Bonchev–Trinajstić information content (AvgIpc) is 2.66. The molecule has 3 fully saturated rings. The van der Waals surface area contributed by atoms with Crippen molar-refractivity contribution in [2.75, 3.05) is 39.3 Å². The molecule has 124 valence electrons. The SMILES string of the molecule is C=CCN1CCOC2CN(C(=O)CC3(O)CCC3)CCC2C1. The van der Waals surface area contributed by atoms with Crippen molar-refractivity contribution >= 4 is 5.91 Å². The van der Waals surface area contributed by atoms with Crippen LogP contribution in [0, 0.1) is 5.92 Å². The number of hydrogen-bond acceptors (Lipinski definition) is 4. The van der Waals surface area contributed by atoms with Gasteiger partial charge in [-0.3, -0.25) is 9.69 Å². The highest BCUT2D eigenvalue weighted by atomic mass is 16.5. The molecular weight excluding hydrogens is 280 g/mol. The highest BCUT2D eigenvalue weighted by molar-refractivity contribution is 5.77. The minimum Gasteiger partial charge on any atom is -0.389 e. The number of likely N-dealkylation sites (tertiary alicyclic amines) is 1. The van der Waals surface area contributed by atoms with Gasteiger partial charge in [0, 0.05) is 38.6 Å². The summed E-state index contributed by atoms with van der Waals surface area (Å²) in [6, 6.07) is 0. The highest BCUT2D eigenvalue weighted by Crippen LogP contribution is 2.35. The Kier molecular flexibility index (Phi) is 4.85. The zero-order valence-electron chi connectivity index (χ0n) is 13.4. The van der Waals surface area contributed by atoms with E-state index in [4.69, 9.17) is 4.74 Å². The first kappa shape index (κ1) is 16.0. The number of amides is 1. The van der Waals surface area contributed by atoms with Crippen LogP contribution in [-0.2, 0) is 9.53 Å². The van der Waals surface area contributed by atoms with E-state index in [9.17, 15) is 9.90 Å². The summed E-state index contributed by atoms with van der Waals surface area (Å²) in [4.78, 5) is 16.7. The third-order valence-electron chi connectivity index (χ3n) is 5.43. The van der Waals surface area contributed by atoms with Gasteiger partial charge in [0.05, 0.1) is 24.7 Å². The van der Waals surface area contributed by atoms with E-state index in [1.165, 1.54) is 0 Å². The van der Waals surface area contributed by atoms with Crippen LogP contribution in [0.5, 0.6) is 0 Å². The monoisotopic (exact) mass is 308 g/mol. The largest absolute Gasteiger partial charge is 0.389 e. The van der Waals surface area contributed by atoms with Crippen LogP contribution in [0.4, 0.5) is 0 Å². The molecule has 0 bridgehead atoms. The van der Waals surface area contributed by atoms with Gasteiger partial charge in [0.25, 0.3) is 0 Å². The van der Waals surface area contributed by atoms with E-state index >= 15 is 0 Å². The van der Waals surface area contributed by atoms with Gasteiger partial charge < -0.3 is 14.7 Å². The van der Waals surface area contributed by atoms with Crippen molar-refractivity contribution in [3.8, 4) is 0 Å². The second-order valence-electron chi connectivity index (χ2n) is 7.10. The summed E-state index contributed by atoms with van der Waals surface area (Å²) in [7, 11) is 0. The van der Waals surface area contributed by atoms with E-state index < -0.39 is 5.60 Å². The van der Waals surface area contributed by atoms with Crippen molar-refractivity contribution in [1.82, 2.24) is 9.80 Å². The maximum Gasteiger partial charge on any atom is 0.225 e. The van der Waals surface area contributed by atoms with E-state index in [1.54, 1.807) is 0 Å². The molecule has 1 N–H and O–H groups in total. The lowest BCUT2D eigenvalue weighted by molar-refractivity contribution is -0.145. The fourth-order valence-corrected chi connectivity index (χ4v) is 3.85. The molecule has 2 heterocycles. The van der Waals surface area contributed by atoms with Crippen molar-refractivity contribution in [1.29, 1.82) is 0 Å². The summed E-state index contributed by atoms with van der Waals surface area (Å²) in [6.07, 6.45) is 5.94. The van der Waals surface area contributed by atoms with Gasteiger partial charge in [0.2, 0.25) is 5.91 Å². The molecule has 0 spiro atoms. The minimum absolute atomic E-state index is 0.0939. The maximum absolute atomic E-state index is 12.4. The van der Waals surface area contributed by atoms with Gasteiger partial charge in [-0.15, -0.1) is 6.58 Å². The molecule has 1 aliphatic carbocycles. The van der Waals surface area contributed by atoms with E-state index in [2.05, 4.69) is 11.5 Å². The van der Waals surface area contributed by atoms with Gasteiger partial charge in [-0.1, -0.05) is 6.08 Å². The molecule has 3 rings (SSSR count). The molecule has 1 saturated carbocycles. The Morgan fingerprint density at radius 1 is 1.36 bits per heavy atom. The molecule has 22 heavy (non-hydrogen) atoms. The highest BCUT2D eigenvalue weighted by Gasteiger charge is 2.40.